The van der Waals surface area contributed by atoms with Crippen molar-refractivity contribution in [1.82, 2.24) is 35.4 Å². The van der Waals surface area contributed by atoms with E-state index in [4.69, 9.17) is 24.4 Å². The summed E-state index contributed by atoms with van der Waals surface area (Å²) >= 11 is 0. The lowest BCUT2D eigenvalue weighted by Gasteiger charge is -2.34. The zero-order valence-corrected chi connectivity index (χ0v) is 23.2. The molecule has 0 aromatic carbocycles. The van der Waals surface area contributed by atoms with Crippen LogP contribution < -0.4 is 20.4 Å². The largest absolute Gasteiger partial charge is 0.380 e. The number of likely N-dealkylation sites (tertiary alicyclic amines) is 1. The van der Waals surface area contributed by atoms with E-state index >= 15 is 0 Å². The average molecular weight is 553 g/mol. The number of nitrogens with one attached hydrogen (secondary N) is 3. The van der Waals surface area contributed by atoms with Gasteiger partial charge in [-0.2, -0.15) is 20.1 Å². The van der Waals surface area contributed by atoms with Gasteiger partial charge in [0.1, 0.15) is 6.04 Å². The van der Waals surface area contributed by atoms with Crippen LogP contribution in [0.5, 0.6) is 0 Å². The van der Waals surface area contributed by atoms with Crippen LogP contribution in [0, 0.1) is 0 Å². The average Bonchev–Trinajstić information content (AvgIpc) is 3.92. The summed E-state index contributed by atoms with van der Waals surface area (Å²) in [6.45, 7) is 5.24. The molecule has 3 N–H and O–H groups in total. The van der Waals surface area contributed by atoms with Crippen LogP contribution in [0.2, 0.25) is 0 Å². The van der Waals surface area contributed by atoms with Crippen LogP contribution in [-0.2, 0) is 14.3 Å². The summed E-state index contributed by atoms with van der Waals surface area (Å²) in [6.07, 6.45) is 7.60. The summed E-state index contributed by atoms with van der Waals surface area (Å²) in [5.41, 5.74) is 1.13. The number of hydrogen-bond acceptors (Lipinski definition) is 11. The Labute approximate surface area is 234 Å². The normalized spacial score (nSPS) is 27.7. The molecule has 5 heterocycles. The molecule has 13 heteroatoms. The molecule has 40 heavy (non-hydrogen) atoms. The van der Waals surface area contributed by atoms with E-state index < -0.39 is 6.04 Å². The number of H-pyrrole nitrogens is 1. The molecule has 0 unspecified atom stereocenters. The molecular weight excluding hydrogens is 512 g/mol. The van der Waals surface area contributed by atoms with Gasteiger partial charge in [0.25, 0.3) is 0 Å². The first-order valence-corrected chi connectivity index (χ1v) is 14.9. The van der Waals surface area contributed by atoms with Crippen LogP contribution in [0.25, 0.3) is 0 Å². The number of ether oxygens (including phenoxy) is 2. The van der Waals surface area contributed by atoms with Crippen LogP contribution in [-0.4, -0.2) is 113 Å². The van der Waals surface area contributed by atoms with Gasteiger partial charge in [0.05, 0.1) is 19.3 Å². The van der Waals surface area contributed by atoms with Crippen LogP contribution >= 0.6 is 0 Å². The second-order valence-corrected chi connectivity index (χ2v) is 11.8. The molecule has 2 aromatic rings. The highest BCUT2D eigenvalue weighted by Crippen LogP contribution is 2.39. The molecule has 2 aliphatic carbocycles. The highest BCUT2D eigenvalue weighted by atomic mass is 16.5. The van der Waals surface area contributed by atoms with Gasteiger partial charge in [-0.3, -0.25) is 14.8 Å². The summed E-state index contributed by atoms with van der Waals surface area (Å²) in [6, 6.07) is 2.49. The zero-order valence-electron chi connectivity index (χ0n) is 23.2. The second kappa shape index (κ2) is 11.1. The van der Waals surface area contributed by atoms with E-state index in [-0.39, 0.29) is 18.1 Å². The van der Waals surface area contributed by atoms with Gasteiger partial charge in [-0.05, 0) is 45.1 Å². The molecule has 5 aliphatic rings. The number of anilines is 4. The van der Waals surface area contributed by atoms with E-state index in [9.17, 15) is 4.79 Å². The van der Waals surface area contributed by atoms with Crippen molar-refractivity contribution in [3.8, 4) is 0 Å². The molecule has 3 saturated heterocycles. The Morgan fingerprint density at radius 2 is 1.88 bits per heavy atom. The molecule has 1 amide bonds. The minimum absolute atomic E-state index is 0.0198. The van der Waals surface area contributed by atoms with E-state index in [1.807, 2.05) is 11.0 Å². The predicted octanol–water partition coefficient (Wildman–Crippen LogP) is 1.39. The van der Waals surface area contributed by atoms with Gasteiger partial charge in [-0.15, -0.1) is 0 Å². The van der Waals surface area contributed by atoms with Crippen molar-refractivity contribution in [2.45, 2.75) is 75.1 Å². The van der Waals surface area contributed by atoms with Crippen LogP contribution in [0.15, 0.2) is 6.07 Å². The van der Waals surface area contributed by atoms with Crippen LogP contribution in [0.1, 0.15) is 56.6 Å². The highest BCUT2D eigenvalue weighted by Gasteiger charge is 2.41. The molecule has 2 aromatic heterocycles. The molecule has 216 valence electrons. The van der Waals surface area contributed by atoms with Crippen molar-refractivity contribution in [2.75, 3.05) is 68.2 Å². The SMILES string of the molecule is CO[C@H]1C[C@@H](C(=O)N[C@@H]2CCCN(C3CC3)C2)N(c2nc(Nc3cc(C4CC4)[nH]n3)nc(N3CCOCC3)n2)C1. The highest BCUT2D eigenvalue weighted by molar-refractivity contribution is 5.86. The van der Waals surface area contributed by atoms with Crippen molar-refractivity contribution in [1.29, 1.82) is 0 Å². The number of nitrogens with zero attached hydrogens (tertiary/aromatic N) is 7. The van der Waals surface area contributed by atoms with Crippen LogP contribution in [0.3, 0.4) is 0 Å². The lowest BCUT2D eigenvalue weighted by molar-refractivity contribution is -0.123. The Morgan fingerprint density at radius 3 is 2.65 bits per heavy atom. The van der Waals surface area contributed by atoms with Gasteiger partial charge in [0, 0.05) is 69.5 Å². The van der Waals surface area contributed by atoms with Gasteiger partial charge in [0.2, 0.25) is 23.8 Å². The van der Waals surface area contributed by atoms with E-state index in [2.05, 4.69) is 30.6 Å². The van der Waals surface area contributed by atoms with E-state index in [1.54, 1.807) is 7.11 Å². The topological polar surface area (TPSA) is 137 Å². The van der Waals surface area contributed by atoms with E-state index in [1.165, 1.54) is 25.7 Å². The summed E-state index contributed by atoms with van der Waals surface area (Å²) in [7, 11) is 1.70. The zero-order chi connectivity index (χ0) is 27.1. The predicted molar refractivity (Wildman–Crippen MR) is 149 cm³/mol. The molecule has 0 bridgehead atoms. The van der Waals surface area contributed by atoms with Crippen LogP contribution in [0.4, 0.5) is 23.7 Å². The number of carbonyl (C=O) groups is 1. The lowest BCUT2D eigenvalue weighted by Crippen LogP contribution is -2.53. The quantitative estimate of drug-likeness (QED) is 0.416. The maximum Gasteiger partial charge on any atom is 0.243 e. The minimum Gasteiger partial charge on any atom is -0.380 e. The Hall–Kier alpha value is -3.03. The summed E-state index contributed by atoms with van der Waals surface area (Å²) < 4.78 is 11.3. The molecule has 0 spiro atoms. The van der Waals surface area contributed by atoms with E-state index in [0.717, 1.165) is 31.6 Å². The maximum atomic E-state index is 13.7. The molecule has 2 saturated carbocycles. The molecule has 3 aliphatic heterocycles. The third-order valence-corrected chi connectivity index (χ3v) is 8.78. The second-order valence-electron chi connectivity index (χ2n) is 11.8. The standard InChI is InChI=1S/C27H40N10O3/c1-39-20-13-22(24(38)28-18-3-2-8-36(15-18)19-6-7-19)37(16-20)27-31-25(29-23-14-21(33-34-23)17-4-5-17)30-26(32-27)35-9-11-40-12-10-35/h14,17-20,22H,2-13,15-16H2,1H3,(H,28,38)(H2,29,30,31,32,33,34)/t18-,20+,22+/m1/s1. The molecule has 3 atom stereocenters. The fourth-order valence-corrected chi connectivity index (χ4v) is 6.19. The fraction of sp³-hybridized carbons (Fsp3) is 0.741. The Kier molecular flexibility index (Phi) is 7.18. The third kappa shape index (κ3) is 5.72. The van der Waals surface area contributed by atoms with Crippen molar-refractivity contribution in [3.05, 3.63) is 11.8 Å². The maximum absolute atomic E-state index is 13.7. The van der Waals surface area contributed by atoms with Gasteiger partial charge in [-0.1, -0.05) is 0 Å². The van der Waals surface area contributed by atoms with E-state index in [0.29, 0.717) is 74.9 Å². The fourth-order valence-electron chi connectivity index (χ4n) is 6.19. The number of piperidine rings is 1. The Bertz CT molecular complexity index is 1190. The van der Waals surface area contributed by atoms with Gasteiger partial charge >= 0.3 is 0 Å². The molecule has 13 nitrogen and oxygen atoms in total. The number of morpholine rings is 1. The number of carbonyl (C=O) groups excluding carboxylic acids is 1. The first kappa shape index (κ1) is 25.9. The molecule has 0 radical (unpaired) electrons. The number of amides is 1. The minimum atomic E-state index is -0.416. The van der Waals surface area contributed by atoms with Gasteiger partial charge in [-0.25, -0.2) is 0 Å². The summed E-state index contributed by atoms with van der Waals surface area (Å²) in [5, 5.41) is 14.2. The van der Waals surface area contributed by atoms with Crippen molar-refractivity contribution < 1.29 is 14.3 Å². The van der Waals surface area contributed by atoms with Gasteiger partial charge < -0.3 is 29.9 Å². The Balaban J connectivity index is 1.13. The smallest absolute Gasteiger partial charge is 0.243 e. The number of aromatic amines is 1. The first-order valence-electron chi connectivity index (χ1n) is 14.9. The van der Waals surface area contributed by atoms with Gasteiger partial charge in [0.15, 0.2) is 5.82 Å². The van der Waals surface area contributed by atoms with Crippen molar-refractivity contribution in [3.63, 3.8) is 0 Å². The first-order chi connectivity index (χ1) is 19.6. The molecule has 5 fully saturated rings. The van der Waals surface area contributed by atoms with Crippen molar-refractivity contribution in [2.24, 2.45) is 0 Å². The third-order valence-electron chi connectivity index (χ3n) is 8.78. The number of methoxy groups -OCH3 is 1. The number of rotatable bonds is 9. The molecular formula is C27H40N10O3. The Morgan fingerprint density at radius 1 is 1.05 bits per heavy atom. The number of aromatic nitrogens is 5. The summed E-state index contributed by atoms with van der Waals surface area (Å²) in [5.74, 6) is 2.71. The monoisotopic (exact) mass is 552 g/mol. The summed E-state index contributed by atoms with van der Waals surface area (Å²) in [4.78, 5) is 34.8. The number of hydrogen-bond donors (Lipinski definition) is 3. The lowest BCUT2D eigenvalue weighted by atomic mass is 10.0. The van der Waals surface area contributed by atoms with Crippen molar-refractivity contribution >= 4 is 29.6 Å². The molecule has 7 rings (SSSR count).